The quantitative estimate of drug-likeness (QED) is 0.615. The second kappa shape index (κ2) is 8.06. The van der Waals surface area contributed by atoms with E-state index in [1.54, 1.807) is 0 Å². The maximum atomic E-state index is 5.54. The first-order valence-electron chi connectivity index (χ1n) is 6.50. The summed E-state index contributed by atoms with van der Waals surface area (Å²) >= 11 is 0. The summed E-state index contributed by atoms with van der Waals surface area (Å²) in [6.45, 7) is 16.2. The molecule has 0 heterocycles. The fourth-order valence-corrected chi connectivity index (χ4v) is 1.11. The summed E-state index contributed by atoms with van der Waals surface area (Å²) in [5.74, 6) is 0. The summed E-state index contributed by atoms with van der Waals surface area (Å²) in [5, 5.41) is 0. The van der Waals surface area contributed by atoms with Gasteiger partial charge in [-0.25, -0.2) is 0 Å². The predicted molar refractivity (Wildman–Crippen MR) is 71.4 cm³/mol. The molecule has 0 aliphatic heterocycles. The van der Waals surface area contributed by atoms with Gasteiger partial charge in [-0.1, -0.05) is 20.8 Å². The SMILES string of the molecule is CC(C)(C)CCOCCOCCOC(C)(C)C. The molecule has 0 fully saturated rings. The number of ether oxygens (including phenoxy) is 3. The molecule has 3 nitrogen and oxygen atoms in total. The zero-order chi connectivity index (χ0) is 13.4. The molecule has 0 aromatic carbocycles. The summed E-state index contributed by atoms with van der Waals surface area (Å²) < 4.78 is 16.4. The molecule has 0 aliphatic carbocycles. The molecule has 0 spiro atoms. The fourth-order valence-electron chi connectivity index (χ4n) is 1.11. The Balaban J connectivity index is 3.15. The third kappa shape index (κ3) is 15.9. The molecule has 0 aromatic heterocycles. The van der Waals surface area contributed by atoms with Crippen LogP contribution in [0.4, 0.5) is 0 Å². The molecule has 0 bridgehead atoms. The van der Waals surface area contributed by atoms with E-state index >= 15 is 0 Å². The van der Waals surface area contributed by atoms with Crippen LogP contribution in [-0.2, 0) is 14.2 Å². The number of rotatable bonds is 8. The van der Waals surface area contributed by atoms with Crippen molar-refractivity contribution in [2.45, 2.75) is 53.6 Å². The minimum Gasteiger partial charge on any atom is -0.379 e. The molecule has 0 saturated carbocycles. The van der Waals surface area contributed by atoms with Gasteiger partial charge in [0.1, 0.15) is 0 Å². The Morgan fingerprint density at radius 3 is 1.59 bits per heavy atom. The van der Waals surface area contributed by atoms with E-state index in [2.05, 4.69) is 20.8 Å². The lowest BCUT2D eigenvalue weighted by Crippen LogP contribution is -2.22. The number of hydrogen-bond donors (Lipinski definition) is 0. The molecule has 0 unspecified atom stereocenters. The van der Waals surface area contributed by atoms with Crippen LogP contribution in [0.2, 0.25) is 0 Å². The van der Waals surface area contributed by atoms with Crippen molar-refractivity contribution in [1.82, 2.24) is 0 Å². The smallest absolute Gasteiger partial charge is 0.0707 e. The van der Waals surface area contributed by atoms with E-state index in [1.165, 1.54) is 0 Å². The van der Waals surface area contributed by atoms with E-state index in [0.717, 1.165) is 13.0 Å². The molecule has 104 valence electrons. The zero-order valence-corrected chi connectivity index (χ0v) is 12.5. The van der Waals surface area contributed by atoms with Gasteiger partial charge in [0.2, 0.25) is 0 Å². The predicted octanol–water partition coefficient (Wildman–Crippen LogP) is 3.27. The van der Waals surface area contributed by atoms with Crippen molar-refractivity contribution in [1.29, 1.82) is 0 Å². The van der Waals surface area contributed by atoms with E-state index < -0.39 is 0 Å². The minimum absolute atomic E-state index is 0.0768. The van der Waals surface area contributed by atoms with Gasteiger partial charge in [0.15, 0.2) is 0 Å². The lowest BCUT2D eigenvalue weighted by Gasteiger charge is -2.19. The average molecular weight is 246 g/mol. The summed E-state index contributed by atoms with van der Waals surface area (Å²) in [6, 6.07) is 0. The van der Waals surface area contributed by atoms with Crippen molar-refractivity contribution < 1.29 is 14.2 Å². The van der Waals surface area contributed by atoms with E-state index in [0.29, 0.717) is 31.8 Å². The summed E-state index contributed by atoms with van der Waals surface area (Å²) in [4.78, 5) is 0. The Morgan fingerprint density at radius 1 is 0.647 bits per heavy atom. The summed E-state index contributed by atoms with van der Waals surface area (Å²) in [6.07, 6.45) is 1.08. The van der Waals surface area contributed by atoms with Gasteiger partial charge in [-0.2, -0.15) is 0 Å². The molecule has 0 amide bonds. The van der Waals surface area contributed by atoms with Gasteiger partial charge in [-0.05, 0) is 32.6 Å². The molecule has 0 aliphatic rings. The Kier molecular flexibility index (Phi) is 8.01. The highest BCUT2D eigenvalue weighted by Gasteiger charge is 2.09. The first-order chi connectivity index (χ1) is 7.71. The van der Waals surface area contributed by atoms with Gasteiger partial charge in [0.05, 0.1) is 32.0 Å². The van der Waals surface area contributed by atoms with Gasteiger partial charge in [0, 0.05) is 6.61 Å². The van der Waals surface area contributed by atoms with Gasteiger partial charge in [-0.3, -0.25) is 0 Å². The van der Waals surface area contributed by atoms with Crippen LogP contribution in [0.25, 0.3) is 0 Å². The largest absolute Gasteiger partial charge is 0.379 e. The topological polar surface area (TPSA) is 27.7 Å². The molecule has 0 atom stereocenters. The normalized spacial score (nSPS) is 13.1. The van der Waals surface area contributed by atoms with E-state index in [4.69, 9.17) is 14.2 Å². The molecular formula is C14H30O3. The van der Waals surface area contributed by atoms with Crippen molar-refractivity contribution in [3.8, 4) is 0 Å². The standard InChI is InChI=1S/C14H30O3/c1-13(2,3)7-8-15-9-10-16-11-12-17-14(4,5)6/h7-12H2,1-6H3. The zero-order valence-electron chi connectivity index (χ0n) is 12.5. The highest BCUT2D eigenvalue weighted by atomic mass is 16.5. The summed E-state index contributed by atoms with van der Waals surface area (Å²) in [7, 11) is 0. The summed E-state index contributed by atoms with van der Waals surface area (Å²) in [5.41, 5.74) is 0.272. The second-order valence-corrected chi connectivity index (χ2v) is 6.50. The molecule has 17 heavy (non-hydrogen) atoms. The Bertz CT molecular complexity index is 157. The first kappa shape index (κ1) is 16.9. The van der Waals surface area contributed by atoms with Crippen molar-refractivity contribution in [3.05, 3.63) is 0 Å². The van der Waals surface area contributed by atoms with Gasteiger partial charge < -0.3 is 14.2 Å². The van der Waals surface area contributed by atoms with Crippen LogP contribution in [0.15, 0.2) is 0 Å². The maximum absolute atomic E-state index is 5.54. The molecular weight excluding hydrogens is 216 g/mol. The molecule has 0 N–H and O–H groups in total. The maximum Gasteiger partial charge on any atom is 0.0707 e. The van der Waals surface area contributed by atoms with Crippen LogP contribution in [0, 0.1) is 5.41 Å². The van der Waals surface area contributed by atoms with Crippen LogP contribution in [-0.4, -0.2) is 38.6 Å². The lowest BCUT2D eigenvalue weighted by atomic mass is 9.93. The van der Waals surface area contributed by atoms with Gasteiger partial charge in [-0.15, -0.1) is 0 Å². The van der Waals surface area contributed by atoms with E-state index in [9.17, 15) is 0 Å². The van der Waals surface area contributed by atoms with E-state index in [1.807, 2.05) is 20.8 Å². The average Bonchev–Trinajstić information content (AvgIpc) is 2.11. The Labute approximate surface area is 107 Å². The molecule has 0 radical (unpaired) electrons. The third-order valence-corrected chi connectivity index (χ3v) is 2.13. The minimum atomic E-state index is -0.0768. The third-order valence-electron chi connectivity index (χ3n) is 2.13. The lowest BCUT2D eigenvalue weighted by molar-refractivity contribution is -0.0431. The van der Waals surface area contributed by atoms with Crippen LogP contribution >= 0.6 is 0 Å². The van der Waals surface area contributed by atoms with Crippen molar-refractivity contribution in [2.75, 3.05) is 33.0 Å². The fraction of sp³-hybridized carbons (Fsp3) is 1.00. The van der Waals surface area contributed by atoms with Crippen LogP contribution in [0.1, 0.15) is 48.0 Å². The van der Waals surface area contributed by atoms with Gasteiger partial charge in [0.25, 0.3) is 0 Å². The number of hydrogen-bond acceptors (Lipinski definition) is 3. The van der Waals surface area contributed by atoms with Crippen molar-refractivity contribution in [2.24, 2.45) is 5.41 Å². The van der Waals surface area contributed by atoms with Crippen molar-refractivity contribution in [3.63, 3.8) is 0 Å². The first-order valence-corrected chi connectivity index (χ1v) is 6.50. The van der Waals surface area contributed by atoms with Crippen LogP contribution in [0.3, 0.4) is 0 Å². The van der Waals surface area contributed by atoms with Crippen LogP contribution in [0.5, 0.6) is 0 Å². The highest BCUT2D eigenvalue weighted by Crippen LogP contribution is 2.17. The van der Waals surface area contributed by atoms with Crippen molar-refractivity contribution >= 4 is 0 Å². The Morgan fingerprint density at radius 2 is 1.12 bits per heavy atom. The second-order valence-electron chi connectivity index (χ2n) is 6.50. The van der Waals surface area contributed by atoms with E-state index in [-0.39, 0.29) is 5.60 Å². The van der Waals surface area contributed by atoms with Gasteiger partial charge >= 0.3 is 0 Å². The highest BCUT2D eigenvalue weighted by molar-refractivity contribution is 4.60. The monoisotopic (exact) mass is 246 g/mol. The molecule has 0 saturated heterocycles. The Hall–Kier alpha value is -0.120. The van der Waals surface area contributed by atoms with Crippen LogP contribution < -0.4 is 0 Å². The molecule has 0 rings (SSSR count). The molecule has 3 heteroatoms. The molecule has 0 aromatic rings.